The fourth-order valence-corrected chi connectivity index (χ4v) is 6.32. The number of hydrogen-bond acceptors (Lipinski definition) is 7. The summed E-state index contributed by atoms with van der Waals surface area (Å²) in [7, 11) is 0. The molecule has 48 heavy (non-hydrogen) atoms. The Kier molecular flexibility index (Phi) is 17.9. The number of anilines is 1. The number of aromatic nitrogens is 3. The van der Waals surface area contributed by atoms with Gasteiger partial charge in [-0.3, -0.25) is 23.8 Å². The van der Waals surface area contributed by atoms with Crippen LogP contribution in [0.5, 0.6) is 0 Å². The van der Waals surface area contributed by atoms with Gasteiger partial charge < -0.3 is 15.4 Å². The number of nitrogens with zero attached hydrogens (tertiary/aromatic N) is 2. The van der Waals surface area contributed by atoms with Crippen LogP contribution in [0.25, 0.3) is 16.8 Å². The molecule has 2 aromatic heterocycles. The molecule has 0 aliphatic heterocycles. The summed E-state index contributed by atoms with van der Waals surface area (Å²) in [5.74, 6) is -1.03. The lowest BCUT2D eigenvalue weighted by Crippen LogP contribution is -2.26. The van der Waals surface area contributed by atoms with Crippen molar-refractivity contribution < 1.29 is 19.1 Å². The standard InChI is InChI=1S/C37H55N5O5S/c1-4-6-8-9-10-11-12-13-14-15-16-17-18-21-25-47-32(44)27-48-36-40-34-33(35(45)38-24-7-5-2)30(26-42(34)37(46)41-36)29-22-19-20-23-31(29)39-28(3)43/h19-20,22-23,26H,4-18,21,24-25,27H2,1-3H3,(H,38,45)(H,39,43)(H,40,41,46). The molecule has 1 aromatic carbocycles. The van der Waals surface area contributed by atoms with Gasteiger partial charge >= 0.3 is 11.7 Å². The average Bonchev–Trinajstić information content (AvgIpc) is 3.45. The molecule has 3 N–H and O–H groups in total. The average molecular weight is 682 g/mol. The summed E-state index contributed by atoms with van der Waals surface area (Å²) in [6, 6.07) is 7.09. The minimum atomic E-state index is -0.496. The normalized spacial score (nSPS) is 11.1. The van der Waals surface area contributed by atoms with Gasteiger partial charge in [-0.25, -0.2) is 9.78 Å². The molecule has 0 saturated carbocycles. The van der Waals surface area contributed by atoms with Gasteiger partial charge in [-0.05, 0) is 18.9 Å². The van der Waals surface area contributed by atoms with Gasteiger partial charge in [0.25, 0.3) is 5.91 Å². The highest BCUT2D eigenvalue weighted by molar-refractivity contribution is 7.99. The van der Waals surface area contributed by atoms with Gasteiger partial charge in [-0.1, -0.05) is 134 Å². The third-order valence-corrected chi connectivity index (χ3v) is 9.12. The monoisotopic (exact) mass is 681 g/mol. The first kappa shape index (κ1) is 38.8. The molecule has 0 radical (unpaired) electrons. The minimum Gasteiger partial charge on any atom is -0.465 e. The van der Waals surface area contributed by atoms with E-state index >= 15 is 0 Å². The maximum atomic E-state index is 13.5. The number of thioether (sulfide) groups is 1. The third kappa shape index (κ3) is 13.1. The predicted octanol–water partition coefficient (Wildman–Crippen LogP) is 8.29. The zero-order valence-corrected chi connectivity index (χ0v) is 30.0. The van der Waals surface area contributed by atoms with Crippen LogP contribution >= 0.6 is 11.8 Å². The molecule has 0 bridgehead atoms. The number of hydrogen-bond donors (Lipinski definition) is 3. The maximum Gasteiger partial charge on any atom is 0.333 e. The predicted molar refractivity (Wildman–Crippen MR) is 195 cm³/mol. The summed E-state index contributed by atoms with van der Waals surface area (Å²) in [6.45, 7) is 6.54. The van der Waals surface area contributed by atoms with Crippen molar-refractivity contribution in [3.63, 3.8) is 0 Å². The third-order valence-electron chi connectivity index (χ3n) is 8.28. The van der Waals surface area contributed by atoms with Crippen LogP contribution in [0.3, 0.4) is 0 Å². The summed E-state index contributed by atoms with van der Waals surface area (Å²) in [4.78, 5) is 58.3. The van der Waals surface area contributed by atoms with E-state index in [1.54, 1.807) is 30.5 Å². The van der Waals surface area contributed by atoms with Crippen molar-refractivity contribution in [2.45, 2.75) is 129 Å². The second-order valence-corrected chi connectivity index (χ2v) is 13.4. The lowest BCUT2D eigenvalue weighted by Gasteiger charge is -2.11. The Balaban J connectivity index is 1.52. The van der Waals surface area contributed by atoms with Gasteiger partial charge in [0, 0.05) is 36.5 Å². The number of carbonyl (C=O) groups excluding carboxylic acids is 3. The van der Waals surface area contributed by atoms with Crippen LogP contribution in [0.1, 0.15) is 134 Å². The van der Waals surface area contributed by atoms with E-state index in [0.717, 1.165) is 43.9 Å². The zero-order chi connectivity index (χ0) is 34.6. The molecule has 264 valence electrons. The van der Waals surface area contributed by atoms with E-state index in [4.69, 9.17) is 4.74 Å². The smallest absolute Gasteiger partial charge is 0.333 e. The number of rotatable bonds is 24. The fourth-order valence-electron chi connectivity index (χ4n) is 5.67. The SMILES string of the molecule is CCCCCCCCCCCCCCCCOC(=O)CSc1nc2c(C(=O)NCCCC)c(-c3ccccc3NC(C)=O)cn2c(=O)[nH]1. The van der Waals surface area contributed by atoms with E-state index in [-0.39, 0.29) is 39.9 Å². The van der Waals surface area contributed by atoms with Crippen molar-refractivity contribution in [2.24, 2.45) is 0 Å². The van der Waals surface area contributed by atoms with Crippen molar-refractivity contribution in [3.05, 3.63) is 46.5 Å². The lowest BCUT2D eigenvalue weighted by atomic mass is 10.0. The Morgan fingerprint density at radius 3 is 2.06 bits per heavy atom. The number of ether oxygens (including phenoxy) is 1. The van der Waals surface area contributed by atoms with Crippen LogP contribution in [0.2, 0.25) is 0 Å². The number of benzene rings is 1. The lowest BCUT2D eigenvalue weighted by molar-refractivity contribution is -0.140. The molecule has 3 aromatic rings. The van der Waals surface area contributed by atoms with Gasteiger partial charge in [-0.15, -0.1) is 0 Å². The maximum absolute atomic E-state index is 13.5. The quantitative estimate of drug-likeness (QED) is 0.0492. The molecule has 2 heterocycles. The van der Waals surface area contributed by atoms with Crippen molar-refractivity contribution in [1.82, 2.24) is 19.7 Å². The van der Waals surface area contributed by atoms with Crippen LogP contribution in [-0.4, -0.2) is 51.1 Å². The molecule has 0 aliphatic rings. The van der Waals surface area contributed by atoms with E-state index < -0.39 is 5.69 Å². The highest BCUT2D eigenvalue weighted by atomic mass is 32.2. The number of fused-ring (bicyclic) bond motifs is 1. The van der Waals surface area contributed by atoms with E-state index in [0.29, 0.717) is 30.0 Å². The second kappa shape index (κ2) is 22.1. The summed E-state index contributed by atoms with van der Waals surface area (Å²) < 4.78 is 6.71. The van der Waals surface area contributed by atoms with Gasteiger partial charge in [0.1, 0.15) is 0 Å². The number of H-pyrrole nitrogens is 1. The number of esters is 1. The molecule has 2 amide bonds. The number of unbranched alkanes of at least 4 members (excludes halogenated alkanes) is 14. The van der Waals surface area contributed by atoms with Gasteiger partial charge in [0.15, 0.2) is 10.8 Å². The van der Waals surface area contributed by atoms with Crippen LogP contribution < -0.4 is 16.3 Å². The minimum absolute atomic E-state index is 0.0192. The largest absolute Gasteiger partial charge is 0.465 e. The summed E-state index contributed by atoms with van der Waals surface area (Å²) >= 11 is 1.06. The Labute approximate surface area is 289 Å². The van der Waals surface area contributed by atoms with Crippen LogP contribution in [0, 0.1) is 0 Å². The molecule has 10 nitrogen and oxygen atoms in total. The van der Waals surface area contributed by atoms with Crippen LogP contribution in [0.15, 0.2) is 40.4 Å². The van der Waals surface area contributed by atoms with Gasteiger partial charge in [-0.2, -0.15) is 0 Å². The number of nitrogens with one attached hydrogen (secondary N) is 3. The summed E-state index contributed by atoms with van der Waals surface area (Å²) in [5.41, 5.74) is 1.44. The van der Waals surface area contributed by atoms with E-state index in [2.05, 4.69) is 27.5 Å². The van der Waals surface area contributed by atoms with Crippen LogP contribution in [0.4, 0.5) is 5.69 Å². The number of carbonyl (C=O) groups is 3. The highest BCUT2D eigenvalue weighted by Crippen LogP contribution is 2.33. The molecular formula is C37H55N5O5S. The van der Waals surface area contributed by atoms with Crippen molar-refractivity contribution in [2.75, 3.05) is 24.2 Å². The van der Waals surface area contributed by atoms with Crippen molar-refractivity contribution in [1.29, 1.82) is 0 Å². The second-order valence-electron chi connectivity index (χ2n) is 12.4. The van der Waals surface area contributed by atoms with E-state index in [1.165, 1.54) is 82.0 Å². The Morgan fingerprint density at radius 2 is 1.44 bits per heavy atom. The molecule has 0 fully saturated rings. The Bertz CT molecular complexity index is 1500. The first-order valence-corrected chi connectivity index (χ1v) is 18.9. The van der Waals surface area contributed by atoms with Crippen molar-refractivity contribution >= 4 is 40.9 Å². The first-order valence-electron chi connectivity index (χ1n) is 17.9. The summed E-state index contributed by atoms with van der Waals surface area (Å²) in [5, 5.41) is 5.94. The highest BCUT2D eigenvalue weighted by Gasteiger charge is 2.24. The molecule has 3 rings (SSSR count). The van der Waals surface area contributed by atoms with Gasteiger partial charge in [0.2, 0.25) is 5.91 Å². The zero-order valence-electron chi connectivity index (χ0n) is 29.2. The molecule has 11 heteroatoms. The molecule has 0 saturated heterocycles. The summed E-state index contributed by atoms with van der Waals surface area (Å²) in [6.07, 6.45) is 21.0. The van der Waals surface area contributed by atoms with E-state index in [9.17, 15) is 19.2 Å². The van der Waals surface area contributed by atoms with Crippen molar-refractivity contribution in [3.8, 4) is 11.1 Å². The molecular weight excluding hydrogens is 627 g/mol. The topological polar surface area (TPSA) is 135 Å². The molecule has 0 spiro atoms. The fraction of sp³-hybridized carbons (Fsp3) is 0.595. The van der Waals surface area contributed by atoms with Gasteiger partial charge in [0.05, 0.1) is 17.9 Å². The van der Waals surface area contributed by atoms with E-state index in [1.807, 2.05) is 6.92 Å². The first-order chi connectivity index (χ1) is 23.3. The molecule has 0 aliphatic carbocycles. The Hall–Kier alpha value is -3.60. The number of amides is 2. The Morgan fingerprint density at radius 1 is 0.833 bits per heavy atom. The number of aromatic amines is 1. The van der Waals surface area contributed by atoms with Crippen LogP contribution in [-0.2, 0) is 14.3 Å². The number of para-hydroxylation sites is 1. The molecule has 0 unspecified atom stereocenters. The molecule has 0 atom stereocenters.